The SMILES string of the molecule is CCn1c(=O)[nH]c2cc3c(c(C)c21)Oc1c(Cl)c2c(c(Cl)c1=N3)Oc1c(c(C)c3[nH]c(=O)n(CC)c3c1C)N=2. The van der Waals surface area contributed by atoms with Gasteiger partial charge in [0.05, 0.1) is 22.1 Å². The second kappa shape index (κ2) is 8.00. The molecule has 0 aliphatic carbocycles. The van der Waals surface area contributed by atoms with Gasteiger partial charge in [-0.3, -0.25) is 9.13 Å². The van der Waals surface area contributed by atoms with Crippen molar-refractivity contribution in [3.63, 3.8) is 0 Å². The van der Waals surface area contributed by atoms with Crippen molar-refractivity contribution in [1.82, 2.24) is 19.1 Å². The number of aromatic nitrogens is 4. The van der Waals surface area contributed by atoms with E-state index in [1.807, 2.05) is 34.6 Å². The number of nitrogens with zero attached hydrogens (tertiary/aromatic N) is 4. The van der Waals surface area contributed by atoms with Crippen molar-refractivity contribution < 1.29 is 9.47 Å². The smallest absolute Gasteiger partial charge is 0.326 e. The molecule has 0 fully saturated rings. The molecule has 2 aliphatic rings. The van der Waals surface area contributed by atoms with Gasteiger partial charge in [0, 0.05) is 29.8 Å². The molecule has 0 unspecified atom stereocenters. The number of fused-ring (bicyclic) bond motifs is 6. The molecule has 0 saturated carbocycles. The molecule has 39 heavy (non-hydrogen) atoms. The predicted octanol–water partition coefficient (Wildman–Crippen LogP) is 5.36. The second-order valence-electron chi connectivity index (χ2n) is 9.66. The normalized spacial score (nSPS) is 13.2. The highest BCUT2D eigenvalue weighted by molar-refractivity contribution is 6.35. The van der Waals surface area contributed by atoms with Gasteiger partial charge in [-0.2, -0.15) is 0 Å². The standard InChI is InChI=1S/C27H22Cl2N6O4/c1-6-34-20-10(4)22-13(8-12(20)31-26(34)36)30-18-14(28)25-19(15(29)24(18)38-22)32-17-9(3)16-21(11(5)23(17)39-25)35(7-2)27(37)33-16/h8H,6-7H2,1-5H3,(H,31,36)(H,33,37). The minimum absolute atomic E-state index is 0.195. The monoisotopic (exact) mass is 564 g/mol. The molecule has 0 amide bonds. The van der Waals surface area contributed by atoms with Crippen LogP contribution in [0.15, 0.2) is 25.6 Å². The lowest BCUT2D eigenvalue weighted by atomic mass is 10.0. The molecule has 198 valence electrons. The van der Waals surface area contributed by atoms with E-state index in [1.165, 1.54) is 0 Å². The molecule has 0 radical (unpaired) electrons. The molecule has 3 aromatic carbocycles. The van der Waals surface area contributed by atoms with Crippen LogP contribution < -0.4 is 31.6 Å². The predicted molar refractivity (Wildman–Crippen MR) is 149 cm³/mol. The zero-order valence-electron chi connectivity index (χ0n) is 21.7. The number of benzene rings is 3. The summed E-state index contributed by atoms with van der Waals surface area (Å²) < 4.78 is 16.0. The number of nitrogens with one attached hydrogen (secondary N) is 2. The van der Waals surface area contributed by atoms with Crippen molar-refractivity contribution in [3.05, 3.63) is 64.5 Å². The maximum atomic E-state index is 12.6. The van der Waals surface area contributed by atoms with Crippen molar-refractivity contribution in [2.45, 2.75) is 47.7 Å². The van der Waals surface area contributed by atoms with E-state index in [1.54, 1.807) is 15.2 Å². The Kier molecular flexibility index (Phi) is 4.93. The van der Waals surface area contributed by atoms with Gasteiger partial charge in [0.1, 0.15) is 32.1 Å². The third-order valence-corrected chi connectivity index (χ3v) is 8.29. The lowest BCUT2D eigenvalue weighted by Crippen LogP contribution is -2.23. The maximum absolute atomic E-state index is 12.6. The molecule has 0 bridgehead atoms. The molecular weight excluding hydrogens is 543 g/mol. The highest BCUT2D eigenvalue weighted by Gasteiger charge is 2.31. The molecule has 2 aliphatic heterocycles. The van der Waals surface area contributed by atoms with Gasteiger partial charge in [-0.15, -0.1) is 0 Å². The number of H-pyrrole nitrogens is 2. The van der Waals surface area contributed by atoms with Crippen molar-refractivity contribution in [3.8, 4) is 23.0 Å². The van der Waals surface area contributed by atoms with Gasteiger partial charge in [0.2, 0.25) is 0 Å². The maximum Gasteiger partial charge on any atom is 0.326 e. The van der Waals surface area contributed by atoms with E-state index in [0.29, 0.717) is 57.7 Å². The zero-order chi connectivity index (χ0) is 27.5. The van der Waals surface area contributed by atoms with Crippen molar-refractivity contribution >= 4 is 56.6 Å². The van der Waals surface area contributed by atoms with Gasteiger partial charge < -0.3 is 19.4 Å². The summed E-state index contributed by atoms with van der Waals surface area (Å²) in [4.78, 5) is 40.5. The Balaban J connectivity index is 1.52. The first kappa shape index (κ1) is 24.1. The Morgan fingerprint density at radius 2 is 1.33 bits per heavy atom. The fraction of sp³-hybridized carbons (Fsp3) is 0.259. The summed E-state index contributed by atoms with van der Waals surface area (Å²) in [5.41, 5.74) is 5.76. The van der Waals surface area contributed by atoms with Crippen molar-refractivity contribution in [1.29, 1.82) is 0 Å². The topological polar surface area (TPSA) is 119 Å². The summed E-state index contributed by atoms with van der Waals surface area (Å²) in [5, 5.41) is 1.02. The molecule has 12 heteroatoms. The molecular formula is C27H22Cl2N6O4. The fourth-order valence-electron chi connectivity index (χ4n) is 5.72. The van der Waals surface area contributed by atoms with E-state index >= 15 is 0 Å². The van der Waals surface area contributed by atoms with Crippen LogP contribution in [0.5, 0.6) is 23.0 Å². The highest BCUT2D eigenvalue weighted by Crippen LogP contribution is 2.48. The molecule has 5 aromatic rings. The van der Waals surface area contributed by atoms with Gasteiger partial charge in [-0.25, -0.2) is 19.6 Å². The van der Waals surface area contributed by atoms with Crippen LogP contribution in [-0.4, -0.2) is 19.1 Å². The lowest BCUT2D eigenvalue weighted by molar-refractivity contribution is 0.448. The number of rotatable bonds is 2. The Bertz CT molecular complexity index is 2200. The molecule has 4 heterocycles. The number of aryl methyl sites for hydroxylation is 5. The van der Waals surface area contributed by atoms with E-state index in [-0.39, 0.29) is 32.9 Å². The molecule has 10 nitrogen and oxygen atoms in total. The summed E-state index contributed by atoms with van der Waals surface area (Å²) in [6.45, 7) is 10.5. The number of imidazole rings is 2. The largest absolute Gasteiger partial charge is 0.451 e. The van der Waals surface area contributed by atoms with Crippen LogP contribution in [0.4, 0.5) is 11.4 Å². The molecule has 0 spiro atoms. The van der Waals surface area contributed by atoms with E-state index in [4.69, 9.17) is 42.7 Å². The Hall–Kier alpha value is -4.02. The van der Waals surface area contributed by atoms with E-state index in [2.05, 4.69) is 9.97 Å². The average molecular weight is 565 g/mol. The van der Waals surface area contributed by atoms with Crippen LogP contribution in [0.25, 0.3) is 22.1 Å². The van der Waals surface area contributed by atoms with E-state index in [9.17, 15) is 9.59 Å². The summed E-state index contributed by atoms with van der Waals surface area (Å²) in [6.07, 6.45) is 0. The first-order valence-electron chi connectivity index (χ1n) is 12.5. The summed E-state index contributed by atoms with van der Waals surface area (Å²) in [5.74, 6) is 1.50. The first-order chi connectivity index (χ1) is 18.7. The van der Waals surface area contributed by atoms with Crippen molar-refractivity contribution in [2.24, 2.45) is 9.98 Å². The van der Waals surface area contributed by atoms with Gasteiger partial charge >= 0.3 is 11.4 Å². The fourth-order valence-corrected chi connectivity index (χ4v) is 6.24. The Labute approximate surface area is 230 Å². The highest BCUT2D eigenvalue weighted by atomic mass is 35.5. The molecule has 7 rings (SSSR count). The van der Waals surface area contributed by atoms with Gasteiger partial charge in [0.15, 0.2) is 23.0 Å². The summed E-state index contributed by atoms with van der Waals surface area (Å²) >= 11 is 13.8. The minimum atomic E-state index is -0.206. The van der Waals surface area contributed by atoms with Crippen LogP contribution in [0, 0.1) is 20.8 Å². The van der Waals surface area contributed by atoms with E-state index < -0.39 is 0 Å². The minimum Gasteiger partial charge on any atom is -0.451 e. The summed E-state index contributed by atoms with van der Waals surface area (Å²) in [7, 11) is 0. The third-order valence-electron chi connectivity index (χ3n) is 7.59. The Morgan fingerprint density at radius 3 is 2.00 bits per heavy atom. The second-order valence-corrected chi connectivity index (χ2v) is 10.4. The number of hydrogen-bond acceptors (Lipinski definition) is 6. The first-order valence-corrected chi connectivity index (χ1v) is 13.3. The van der Waals surface area contributed by atoms with Crippen LogP contribution in [-0.2, 0) is 13.1 Å². The Morgan fingerprint density at radius 1 is 0.769 bits per heavy atom. The number of ether oxygens (including phenoxy) is 2. The number of halogens is 2. The van der Waals surface area contributed by atoms with Crippen LogP contribution in [0.1, 0.15) is 30.5 Å². The molecule has 0 saturated heterocycles. The quantitative estimate of drug-likeness (QED) is 0.294. The third kappa shape index (κ3) is 2.98. The molecule has 2 N–H and O–H groups in total. The number of hydrogen-bond donors (Lipinski definition) is 2. The van der Waals surface area contributed by atoms with Gasteiger partial charge in [-0.1, -0.05) is 23.2 Å². The lowest BCUT2D eigenvalue weighted by Gasteiger charge is -2.23. The van der Waals surface area contributed by atoms with Crippen LogP contribution >= 0.6 is 23.2 Å². The molecule has 0 atom stereocenters. The van der Waals surface area contributed by atoms with Crippen LogP contribution in [0.2, 0.25) is 10.0 Å². The molecule has 2 aromatic heterocycles. The average Bonchev–Trinajstić information content (AvgIpc) is 3.44. The van der Waals surface area contributed by atoms with Gasteiger partial charge in [0.25, 0.3) is 0 Å². The van der Waals surface area contributed by atoms with Gasteiger partial charge in [-0.05, 0) is 40.7 Å². The number of aromatic amines is 2. The zero-order valence-corrected chi connectivity index (χ0v) is 23.2. The van der Waals surface area contributed by atoms with Crippen LogP contribution in [0.3, 0.4) is 0 Å². The van der Waals surface area contributed by atoms with Crippen molar-refractivity contribution in [2.75, 3.05) is 0 Å². The summed E-state index contributed by atoms with van der Waals surface area (Å²) in [6, 6.07) is 1.76. The van der Waals surface area contributed by atoms with E-state index in [0.717, 1.165) is 27.7 Å².